The number of aliphatic hydroxyl groups excluding tert-OH is 2. The molecule has 4 aliphatic rings. The number of nitrogens with zero attached hydrogens (tertiary/aromatic N) is 1. The summed E-state index contributed by atoms with van der Waals surface area (Å²) in [5.74, 6) is -4.37. The second-order valence-electron chi connectivity index (χ2n) is 6.29. The van der Waals surface area contributed by atoms with Gasteiger partial charge < -0.3 is 39.4 Å². The topological polar surface area (TPSA) is 156 Å². The van der Waals surface area contributed by atoms with Crippen LogP contribution in [0.25, 0.3) is 0 Å². The van der Waals surface area contributed by atoms with Crippen molar-refractivity contribution >= 4 is 0 Å². The highest BCUT2D eigenvalue weighted by Gasteiger charge is 2.65. The van der Waals surface area contributed by atoms with E-state index in [4.69, 9.17) is 28.6 Å². The fourth-order valence-electron chi connectivity index (χ4n) is 3.39. The van der Waals surface area contributed by atoms with Crippen molar-refractivity contribution in [1.29, 1.82) is 0 Å². The van der Waals surface area contributed by atoms with Crippen molar-refractivity contribution in [1.82, 2.24) is 0 Å². The van der Waals surface area contributed by atoms with E-state index in [0.29, 0.717) is 0 Å². The van der Waals surface area contributed by atoms with Crippen LogP contribution in [0.2, 0.25) is 0 Å². The maximum absolute atomic E-state index is 11.9. The van der Waals surface area contributed by atoms with Gasteiger partial charge in [0.15, 0.2) is 12.2 Å². The Morgan fingerprint density at radius 1 is 0.833 bits per heavy atom. The second kappa shape index (κ2) is 5.44. The largest absolute Gasteiger partial charge is 0.483 e. The Labute approximate surface area is 134 Å². The van der Waals surface area contributed by atoms with Crippen molar-refractivity contribution in [3.05, 3.63) is 4.91 Å². The first kappa shape index (κ1) is 16.4. The molecular formula is C12H18NO11+. The lowest BCUT2D eigenvalue weighted by Gasteiger charge is -2.22. The normalized spacial score (nSPS) is 53.0. The second-order valence-corrected chi connectivity index (χ2v) is 6.29. The Morgan fingerprint density at radius 3 is 1.67 bits per heavy atom. The van der Waals surface area contributed by atoms with E-state index >= 15 is 0 Å². The van der Waals surface area contributed by atoms with Crippen LogP contribution in [0, 0.1) is 4.91 Å². The summed E-state index contributed by atoms with van der Waals surface area (Å²) in [5, 5.41) is 39.5. The summed E-state index contributed by atoms with van der Waals surface area (Å²) in [6.45, 7) is -1.02. The van der Waals surface area contributed by atoms with Crippen molar-refractivity contribution in [3.8, 4) is 0 Å². The average molecular weight is 352 g/mol. The molecule has 4 saturated heterocycles. The summed E-state index contributed by atoms with van der Waals surface area (Å²) >= 11 is 0. The molecule has 4 rings (SSSR count). The molecule has 0 amide bonds. The molecule has 12 nitrogen and oxygen atoms in total. The lowest BCUT2D eigenvalue weighted by molar-refractivity contribution is -1.02. The highest BCUT2D eigenvalue weighted by atomic mass is 17.1. The Bertz CT molecular complexity index is 489. The molecule has 4 heterocycles. The van der Waals surface area contributed by atoms with Gasteiger partial charge in [-0.05, 0) is 0 Å². The molecule has 12 heteroatoms. The highest BCUT2D eigenvalue weighted by molar-refractivity contribution is 4.99. The third-order valence-electron chi connectivity index (χ3n) is 4.57. The van der Waals surface area contributed by atoms with Crippen LogP contribution in [0.15, 0.2) is 0 Å². The SMILES string of the molecule is O=[N+](O[C@@]1(O)CO[C@@H]2[C@H](O)CO[C@@H]21)O[C@@]1(O)CO[C@@H]2[C@H](O)CO[C@@H]21. The van der Waals surface area contributed by atoms with Crippen LogP contribution in [-0.4, -0.2) is 100 Å². The van der Waals surface area contributed by atoms with Gasteiger partial charge in [-0.3, -0.25) is 0 Å². The van der Waals surface area contributed by atoms with Gasteiger partial charge in [-0.1, -0.05) is 0 Å². The smallest absolute Gasteiger partial charge is 0.388 e. The Morgan fingerprint density at radius 2 is 1.25 bits per heavy atom. The molecule has 0 unspecified atom stereocenters. The Hall–Kier alpha value is -1.12. The standard InChI is InChI=1S/C12H18NO11/c14-5-1-19-9-7(5)21-3-11(9,16)23-13(18)24-12(17)4-22-8-6(15)2-20-10(8)12/h5-10,14-17H,1-4H2/q+1/t5-,6-,7-,8-,9+,10+,11+,12+/m1/s1. The summed E-state index contributed by atoms with van der Waals surface area (Å²) in [6.07, 6.45) is -5.73. The predicted molar refractivity (Wildman–Crippen MR) is 66.7 cm³/mol. The van der Waals surface area contributed by atoms with E-state index in [1.54, 1.807) is 0 Å². The summed E-state index contributed by atoms with van der Waals surface area (Å²) < 4.78 is 20.7. The Kier molecular flexibility index (Phi) is 3.71. The molecule has 0 saturated carbocycles. The van der Waals surface area contributed by atoms with E-state index in [-0.39, 0.29) is 13.2 Å². The molecule has 4 fully saturated rings. The van der Waals surface area contributed by atoms with Gasteiger partial charge in [0.2, 0.25) is 0 Å². The van der Waals surface area contributed by atoms with Gasteiger partial charge in [-0.15, -0.1) is 9.68 Å². The van der Waals surface area contributed by atoms with Crippen LogP contribution in [0.3, 0.4) is 0 Å². The predicted octanol–water partition coefficient (Wildman–Crippen LogP) is -3.68. The molecule has 0 aromatic carbocycles. The van der Waals surface area contributed by atoms with Crippen LogP contribution >= 0.6 is 0 Å². The molecule has 4 aliphatic heterocycles. The Balaban J connectivity index is 1.40. The molecule has 4 N–H and O–H groups in total. The number of rotatable bonds is 4. The van der Waals surface area contributed by atoms with Crippen molar-refractivity contribution in [3.63, 3.8) is 0 Å². The lowest BCUT2D eigenvalue weighted by Crippen LogP contribution is -2.52. The molecule has 0 bridgehead atoms. The molecule has 136 valence electrons. The summed E-state index contributed by atoms with van der Waals surface area (Å²) in [4.78, 5) is 21.5. The number of hydrogen-bond donors (Lipinski definition) is 4. The van der Waals surface area contributed by atoms with Crippen molar-refractivity contribution in [2.75, 3.05) is 26.4 Å². The van der Waals surface area contributed by atoms with Gasteiger partial charge in [0, 0.05) is 0 Å². The van der Waals surface area contributed by atoms with E-state index in [2.05, 4.69) is 0 Å². The fourth-order valence-corrected chi connectivity index (χ4v) is 3.39. The fraction of sp³-hybridized carbons (Fsp3) is 1.00. The van der Waals surface area contributed by atoms with Crippen molar-refractivity contribution in [2.45, 2.75) is 48.2 Å². The third kappa shape index (κ3) is 2.38. The van der Waals surface area contributed by atoms with Gasteiger partial charge in [-0.25, -0.2) is 0 Å². The van der Waals surface area contributed by atoms with Crippen molar-refractivity contribution in [2.24, 2.45) is 0 Å². The molecule has 0 spiro atoms. The summed E-state index contributed by atoms with van der Waals surface area (Å²) in [5.41, 5.74) is 0. The zero-order chi connectivity index (χ0) is 17.1. The first-order valence-electron chi connectivity index (χ1n) is 7.45. The van der Waals surface area contributed by atoms with E-state index < -0.39 is 66.5 Å². The monoisotopic (exact) mass is 352 g/mol. The maximum Gasteiger partial charge on any atom is 0.483 e. The first-order chi connectivity index (χ1) is 11.3. The number of ether oxygens (including phenoxy) is 4. The number of hydrogen-bond acceptors (Lipinski definition) is 11. The minimum atomic E-state index is -2.19. The van der Waals surface area contributed by atoms with Crippen LogP contribution in [-0.2, 0) is 28.6 Å². The quantitative estimate of drug-likeness (QED) is 0.292. The molecule has 8 atom stereocenters. The minimum absolute atomic E-state index is 0.0754. The van der Waals surface area contributed by atoms with Gasteiger partial charge in [0.05, 0.1) is 13.2 Å². The molecule has 0 aliphatic carbocycles. The van der Waals surface area contributed by atoms with Gasteiger partial charge >= 0.3 is 16.7 Å². The lowest BCUT2D eigenvalue weighted by atomic mass is 10.1. The van der Waals surface area contributed by atoms with Crippen LogP contribution < -0.4 is 0 Å². The molecular weight excluding hydrogens is 334 g/mol. The molecule has 0 aromatic rings. The summed E-state index contributed by atoms with van der Waals surface area (Å²) in [6, 6.07) is 0. The summed E-state index contributed by atoms with van der Waals surface area (Å²) in [7, 11) is 0. The first-order valence-corrected chi connectivity index (χ1v) is 7.45. The third-order valence-corrected chi connectivity index (χ3v) is 4.57. The van der Waals surface area contributed by atoms with E-state index in [0.717, 1.165) is 0 Å². The zero-order valence-electron chi connectivity index (χ0n) is 12.4. The molecule has 0 radical (unpaired) electrons. The average Bonchev–Trinajstić information content (AvgIpc) is 3.21. The number of fused-ring (bicyclic) bond motifs is 2. The van der Waals surface area contributed by atoms with Crippen molar-refractivity contribution < 1.29 is 54.1 Å². The molecule has 24 heavy (non-hydrogen) atoms. The van der Waals surface area contributed by atoms with Crippen LogP contribution in [0.1, 0.15) is 0 Å². The minimum Gasteiger partial charge on any atom is -0.388 e. The highest BCUT2D eigenvalue weighted by Crippen LogP contribution is 2.37. The van der Waals surface area contributed by atoms with E-state index in [1.165, 1.54) is 0 Å². The van der Waals surface area contributed by atoms with E-state index in [9.17, 15) is 25.3 Å². The maximum atomic E-state index is 11.9. The molecule has 0 aromatic heterocycles. The van der Waals surface area contributed by atoms with Gasteiger partial charge in [-0.2, -0.15) is 0 Å². The van der Waals surface area contributed by atoms with Crippen LogP contribution in [0.5, 0.6) is 0 Å². The number of aliphatic hydroxyl groups is 4. The van der Waals surface area contributed by atoms with E-state index in [1.807, 2.05) is 0 Å². The zero-order valence-corrected chi connectivity index (χ0v) is 12.4. The van der Waals surface area contributed by atoms with Gasteiger partial charge in [0.25, 0.3) is 0 Å². The van der Waals surface area contributed by atoms with Gasteiger partial charge in [0.1, 0.15) is 42.5 Å². The van der Waals surface area contributed by atoms with Crippen LogP contribution in [0.4, 0.5) is 0 Å².